The molecule has 1 aromatic carbocycles. The molecule has 16 heavy (non-hydrogen) atoms. The van der Waals surface area contributed by atoms with E-state index < -0.39 is 0 Å². The van der Waals surface area contributed by atoms with Crippen LogP contribution in [0, 0.1) is 10.8 Å². The number of hydrogen-bond donors (Lipinski definition) is 0. The molecule has 3 aliphatic rings. The minimum Gasteiger partial charge on any atom is -0.366 e. The molecule has 3 aliphatic carbocycles. The summed E-state index contributed by atoms with van der Waals surface area (Å²) >= 11 is 1.97. The molecule has 0 heterocycles. The largest absolute Gasteiger partial charge is 0.366 e. The van der Waals surface area contributed by atoms with Crippen molar-refractivity contribution in [2.45, 2.75) is 35.5 Å². The molecule has 3 saturated carbocycles. The van der Waals surface area contributed by atoms with Gasteiger partial charge in [0.15, 0.2) is 0 Å². The highest BCUT2D eigenvalue weighted by atomic mass is 32.2. The smallest absolute Gasteiger partial charge is 0.130 e. The highest BCUT2D eigenvalue weighted by Gasteiger charge is 2.97. The van der Waals surface area contributed by atoms with Gasteiger partial charge in [0, 0.05) is 22.8 Å². The van der Waals surface area contributed by atoms with Crippen LogP contribution in [0.2, 0.25) is 0 Å². The molecule has 0 radical (unpaired) electrons. The average Bonchev–Trinajstić information content (AvgIpc) is 3.18. The van der Waals surface area contributed by atoms with E-state index in [2.05, 4.69) is 30.3 Å². The van der Waals surface area contributed by atoms with Gasteiger partial charge >= 0.3 is 0 Å². The van der Waals surface area contributed by atoms with Crippen LogP contribution in [-0.4, -0.2) is 12.0 Å². The van der Waals surface area contributed by atoms with E-state index >= 15 is 0 Å². The molecule has 0 aliphatic heterocycles. The number of methoxy groups -OCH3 is 1. The molecule has 0 aromatic heterocycles. The lowest BCUT2D eigenvalue weighted by Gasteiger charge is -2.16. The van der Waals surface area contributed by atoms with Gasteiger partial charge in [0.25, 0.3) is 0 Å². The number of hydrogen-bond acceptors (Lipinski definition) is 2. The molecule has 0 amide bonds. The molecule has 0 atom stereocenters. The first-order valence-electron chi connectivity index (χ1n) is 6.10. The molecule has 0 N–H and O–H groups in total. The minimum absolute atomic E-state index is 0.126. The number of benzene rings is 1. The lowest BCUT2D eigenvalue weighted by Crippen LogP contribution is -2.12. The summed E-state index contributed by atoms with van der Waals surface area (Å²) in [6, 6.07) is 10.7. The molecule has 0 bridgehead atoms. The first-order valence-corrected chi connectivity index (χ1v) is 6.91. The van der Waals surface area contributed by atoms with Gasteiger partial charge in [-0.15, -0.1) is 0 Å². The second-order valence-corrected chi connectivity index (χ2v) is 6.65. The third kappa shape index (κ3) is 0.832. The zero-order valence-electron chi connectivity index (χ0n) is 9.53. The van der Waals surface area contributed by atoms with E-state index in [0.29, 0.717) is 10.8 Å². The second kappa shape index (κ2) is 2.68. The van der Waals surface area contributed by atoms with Crippen molar-refractivity contribution in [3.63, 3.8) is 0 Å². The SMILES string of the molecule is COC1(Sc2ccccc2)C2(CC2)C12CC2. The van der Waals surface area contributed by atoms with E-state index in [0.717, 1.165) is 0 Å². The van der Waals surface area contributed by atoms with Crippen LogP contribution in [-0.2, 0) is 4.74 Å². The number of fused-ring (bicyclic) bond motifs is 1. The van der Waals surface area contributed by atoms with Crippen LogP contribution in [0.5, 0.6) is 0 Å². The first kappa shape index (κ1) is 9.55. The second-order valence-electron chi connectivity index (χ2n) is 5.40. The van der Waals surface area contributed by atoms with Crippen LogP contribution in [0.25, 0.3) is 0 Å². The summed E-state index contributed by atoms with van der Waals surface area (Å²) in [7, 11) is 1.91. The Morgan fingerprint density at radius 2 is 1.56 bits per heavy atom. The van der Waals surface area contributed by atoms with E-state index in [1.165, 1.54) is 30.6 Å². The summed E-state index contributed by atoms with van der Waals surface area (Å²) in [6.07, 6.45) is 5.56. The molecule has 0 saturated heterocycles. The van der Waals surface area contributed by atoms with Crippen LogP contribution < -0.4 is 0 Å². The number of thioether (sulfide) groups is 1. The molecule has 0 unspecified atom stereocenters. The monoisotopic (exact) mass is 232 g/mol. The summed E-state index contributed by atoms with van der Waals surface area (Å²) < 4.78 is 5.97. The van der Waals surface area contributed by atoms with Crippen LogP contribution >= 0.6 is 11.8 Å². The fourth-order valence-electron chi connectivity index (χ4n) is 3.91. The van der Waals surface area contributed by atoms with Crippen molar-refractivity contribution in [1.29, 1.82) is 0 Å². The van der Waals surface area contributed by atoms with Gasteiger partial charge in [-0.3, -0.25) is 0 Å². The van der Waals surface area contributed by atoms with E-state index in [4.69, 9.17) is 4.74 Å². The Bertz CT molecular complexity index is 413. The predicted molar refractivity (Wildman–Crippen MR) is 65.4 cm³/mol. The molecule has 1 nitrogen and oxygen atoms in total. The van der Waals surface area contributed by atoms with Crippen molar-refractivity contribution < 1.29 is 4.74 Å². The molecule has 2 heteroatoms. The van der Waals surface area contributed by atoms with Gasteiger partial charge in [0.05, 0.1) is 0 Å². The molecule has 3 fully saturated rings. The van der Waals surface area contributed by atoms with Gasteiger partial charge in [0.1, 0.15) is 4.93 Å². The van der Waals surface area contributed by atoms with Crippen molar-refractivity contribution in [1.82, 2.24) is 0 Å². The predicted octanol–water partition coefficient (Wildman–Crippen LogP) is 3.70. The van der Waals surface area contributed by atoms with E-state index in [9.17, 15) is 0 Å². The highest BCUT2D eigenvalue weighted by Crippen LogP contribution is 2.98. The fraction of sp³-hybridized carbons (Fsp3) is 0.571. The zero-order valence-corrected chi connectivity index (χ0v) is 10.3. The summed E-state index contributed by atoms with van der Waals surface area (Å²) in [4.78, 5) is 1.49. The van der Waals surface area contributed by atoms with Crippen molar-refractivity contribution in [2.24, 2.45) is 10.8 Å². The Labute approximate surface area is 101 Å². The van der Waals surface area contributed by atoms with Crippen LogP contribution in [0.4, 0.5) is 0 Å². The molecule has 1 aromatic rings. The Hall–Kier alpha value is -0.470. The third-order valence-electron chi connectivity index (χ3n) is 4.91. The topological polar surface area (TPSA) is 9.23 Å². The van der Waals surface area contributed by atoms with Crippen molar-refractivity contribution in [3.05, 3.63) is 30.3 Å². The third-order valence-corrected chi connectivity index (χ3v) is 6.65. The Kier molecular flexibility index (Phi) is 1.60. The standard InChI is InChI=1S/C14H16OS/c1-15-14(16-11-5-3-2-4-6-11)12(7-8-12)13(14)9-10-13/h2-6H,7-10H2,1H3. The fourth-order valence-corrected chi connectivity index (χ4v) is 5.76. The molecule has 2 spiro atoms. The molecular formula is C14H16OS. The van der Waals surface area contributed by atoms with Crippen molar-refractivity contribution in [3.8, 4) is 0 Å². The Morgan fingerprint density at radius 1 is 1.00 bits per heavy atom. The van der Waals surface area contributed by atoms with Gasteiger partial charge in [-0.2, -0.15) is 0 Å². The zero-order chi connectivity index (χ0) is 10.9. The van der Waals surface area contributed by atoms with Gasteiger partial charge in [-0.1, -0.05) is 30.0 Å². The molecule has 84 valence electrons. The summed E-state index contributed by atoms with van der Waals surface area (Å²) in [5.74, 6) is 0. The Balaban J connectivity index is 1.68. The van der Waals surface area contributed by atoms with Crippen LogP contribution in [0.3, 0.4) is 0 Å². The van der Waals surface area contributed by atoms with Gasteiger partial charge in [0.2, 0.25) is 0 Å². The van der Waals surface area contributed by atoms with Crippen molar-refractivity contribution >= 4 is 11.8 Å². The van der Waals surface area contributed by atoms with Gasteiger partial charge in [-0.05, 0) is 37.8 Å². The number of ether oxygens (including phenoxy) is 1. The first-order chi connectivity index (χ1) is 7.80. The van der Waals surface area contributed by atoms with Gasteiger partial charge < -0.3 is 4.74 Å². The van der Waals surface area contributed by atoms with Crippen LogP contribution in [0.15, 0.2) is 35.2 Å². The Morgan fingerprint density at radius 3 is 2.00 bits per heavy atom. The lowest BCUT2D eigenvalue weighted by molar-refractivity contribution is 0.126. The minimum atomic E-state index is 0.126. The lowest BCUT2D eigenvalue weighted by atomic mass is 10.3. The summed E-state index contributed by atoms with van der Waals surface area (Å²) in [5.41, 5.74) is 1.13. The van der Waals surface area contributed by atoms with E-state index in [-0.39, 0.29) is 4.93 Å². The maximum absolute atomic E-state index is 5.97. The normalized spacial score (nSPS) is 29.3. The maximum Gasteiger partial charge on any atom is 0.130 e. The maximum atomic E-state index is 5.97. The summed E-state index contributed by atoms with van der Waals surface area (Å²) in [6.45, 7) is 0. The van der Waals surface area contributed by atoms with Crippen molar-refractivity contribution in [2.75, 3.05) is 7.11 Å². The summed E-state index contributed by atoms with van der Waals surface area (Å²) in [5, 5.41) is 0. The van der Waals surface area contributed by atoms with Crippen LogP contribution in [0.1, 0.15) is 25.7 Å². The average molecular weight is 232 g/mol. The quantitative estimate of drug-likeness (QED) is 0.735. The molecular weight excluding hydrogens is 216 g/mol. The van der Waals surface area contributed by atoms with Gasteiger partial charge in [-0.25, -0.2) is 0 Å². The molecule has 4 rings (SSSR count). The van der Waals surface area contributed by atoms with E-state index in [1.54, 1.807) is 0 Å². The van der Waals surface area contributed by atoms with E-state index in [1.807, 2.05) is 18.9 Å². The highest BCUT2D eigenvalue weighted by molar-refractivity contribution is 8.01. The number of rotatable bonds is 3.